The van der Waals surface area contributed by atoms with Crippen molar-refractivity contribution in [3.05, 3.63) is 71.3 Å². The topological polar surface area (TPSA) is 58.2 Å². The summed E-state index contributed by atoms with van der Waals surface area (Å²) in [6.45, 7) is 3.45. The van der Waals surface area contributed by atoms with Gasteiger partial charge in [-0.2, -0.15) is 0 Å². The van der Waals surface area contributed by atoms with E-state index in [1.165, 1.54) is 16.7 Å². The minimum atomic E-state index is 0.321. The molecular formula is C30H37NO5S. The van der Waals surface area contributed by atoms with Crippen LogP contribution in [0.2, 0.25) is 0 Å². The average molecular weight is 524 g/mol. The van der Waals surface area contributed by atoms with E-state index in [0.29, 0.717) is 40.9 Å². The smallest absolute Gasteiger partial charge is 0.203 e. The van der Waals surface area contributed by atoms with Gasteiger partial charge in [-0.15, -0.1) is 11.8 Å². The fraction of sp³-hybridized carbons (Fsp3) is 0.400. The van der Waals surface area contributed by atoms with Crippen LogP contribution in [0.5, 0.6) is 28.7 Å². The number of nitrogens with one attached hydrogen (secondary N) is 1. The van der Waals surface area contributed by atoms with Crippen molar-refractivity contribution in [2.75, 3.05) is 40.4 Å². The summed E-state index contributed by atoms with van der Waals surface area (Å²) >= 11 is 1.96. The van der Waals surface area contributed by atoms with E-state index >= 15 is 0 Å². The summed E-state index contributed by atoms with van der Waals surface area (Å²) in [6.07, 6.45) is 3.04. The minimum Gasteiger partial charge on any atom is -0.493 e. The number of anilines is 1. The Morgan fingerprint density at radius 1 is 0.757 bits per heavy atom. The summed E-state index contributed by atoms with van der Waals surface area (Å²) < 4.78 is 28.6. The third kappa shape index (κ3) is 6.21. The number of benzene rings is 3. The Kier molecular flexibility index (Phi) is 9.34. The van der Waals surface area contributed by atoms with Gasteiger partial charge in [0.1, 0.15) is 0 Å². The van der Waals surface area contributed by atoms with Crippen molar-refractivity contribution in [2.45, 2.75) is 43.2 Å². The lowest BCUT2D eigenvalue weighted by atomic mass is 10.0. The van der Waals surface area contributed by atoms with Crippen molar-refractivity contribution in [3.8, 4) is 28.7 Å². The molecule has 0 spiro atoms. The van der Waals surface area contributed by atoms with Gasteiger partial charge < -0.3 is 29.0 Å². The molecule has 3 aromatic carbocycles. The van der Waals surface area contributed by atoms with Crippen LogP contribution in [0.15, 0.2) is 54.6 Å². The summed E-state index contributed by atoms with van der Waals surface area (Å²) in [5.41, 5.74) is 4.59. The summed E-state index contributed by atoms with van der Waals surface area (Å²) in [6, 6.07) is 18.9. The van der Waals surface area contributed by atoms with E-state index in [1.807, 2.05) is 17.8 Å². The lowest BCUT2D eigenvalue weighted by Crippen LogP contribution is -2.06. The normalized spacial score (nSPS) is 16.8. The highest BCUT2D eigenvalue weighted by Gasteiger charge is 2.31. The monoisotopic (exact) mass is 523 g/mol. The van der Waals surface area contributed by atoms with Gasteiger partial charge in [0.25, 0.3) is 0 Å². The van der Waals surface area contributed by atoms with E-state index < -0.39 is 0 Å². The van der Waals surface area contributed by atoms with E-state index in [1.54, 1.807) is 28.4 Å². The van der Waals surface area contributed by atoms with Crippen LogP contribution in [-0.4, -0.2) is 35.0 Å². The van der Waals surface area contributed by atoms with Gasteiger partial charge in [-0.05, 0) is 60.2 Å². The molecule has 0 amide bonds. The van der Waals surface area contributed by atoms with Crippen molar-refractivity contribution in [2.24, 2.45) is 0 Å². The predicted molar refractivity (Wildman–Crippen MR) is 151 cm³/mol. The van der Waals surface area contributed by atoms with Crippen LogP contribution < -0.4 is 29.0 Å². The molecule has 3 aromatic rings. The zero-order chi connectivity index (χ0) is 26.2. The Balaban J connectivity index is 1.60. The maximum Gasteiger partial charge on any atom is 0.203 e. The number of methoxy groups -OCH3 is 4. The number of hydrogen-bond donors (Lipinski definition) is 1. The molecule has 1 N–H and O–H groups in total. The molecule has 2 unspecified atom stereocenters. The van der Waals surface area contributed by atoms with Crippen LogP contribution in [0.3, 0.4) is 0 Å². The molecule has 1 aliphatic heterocycles. The van der Waals surface area contributed by atoms with Gasteiger partial charge in [0, 0.05) is 17.0 Å². The Labute approximate surface area is 224 Å². The molecule has 0 radical (unpaired) electrons. The Hall–Kier alpha value is -3.19. The molecule has 1 aliphatic rings. The molecule has 0 saturated carbocycles. The van der Waals surface area contributed by atoms with Crippen LogP contribution in [0.25, 0.3) is 0 Å². The van der Waals surface area contributed by atoms with Crippen LogP contribution in [0.1, 0.15) is 53.4 Å². The second kappa shape index (κ2) is 12.9. The van der Waals surface area contributed by atoms with Gasteiger partial charge >= 0.3 is 0 Å². The van der Waals surface area contributed by atoms with Crippen molar-refractivity contribution < 1.29 is 23.7 Å². The molecule has 198 valence electrons. The zero-order valence-electron chi connectivity index (χ0n) is 22.3. The van der Waals surface area contributed by atoms with Gasteiger partial charge in [-0.25, -0.2) is 0 Å². The quantitative estimate of drug-likeness (QED) is 0.265. The Morgan fingerprint density at radius 3 is 1.86 bits per heavy atom. The fourth-order valence-electron chi connectivity index (χ4n) is 4.65. The molecule has 1 fully saturated rings. The van der Waals surface area contributed by atoms with Gasteiger partial charge in [0.05, 0.1) is 40.7 Å². The molecule has 2 atom stereocenters. The van der Waals surface area contributed by atoms with Crippen molar-refractivity contribution in [1.82, 2.24) is 0 Å². The lowest BCUT2D eigenvalue weighted by Gasteiger charge is -2.21. The largest absolute Gasteiger partial charge is 0.493 e. The number of thioether (sulfide) groups is 1. The summed E-state index contributed by atoms with van der Waals surface area (Å²) in [5.74, 6) is 3.53. The highest BCUT2D eigenvalue weighted by Crippen LogP contribution is 2.56. The molecular weight excluding hydrogens is 486 g/mol. The molecule has 0 aromatic heterocycles. The fourth-order valence-corrected chi connectivity index (χ4v) is 6.18. The zero-order valence-corrected chi connectivity index (χ0v) is 23.2. The summed E-state index contributed by atoms with van der Waals surface area (Å²) in [4.78, 5) is 0. The van der Waals surface area contributed by atoms with Gasteiger partial charge in [-0.1, -0.05) is 37.3 Å². The third-order valence-corrected chi connectivity index (χ3v) is 8.20. The lowest BCUT2D eigenvalue weighted by molar-refractivity contribution is 0.295. The molecule has 0 aliphatic carbocycles. The second-order valence-electron chi connectivity index (χ2n) is 8.94. The van der Waals surface area contributed by atoms with Gasteiger partial charge in [-0.3, -0.25) is 0 Å². The molecule has 7 heteroatoms. The average Bonchev–Trinajstić information content (AvgIpc) is 3.45. The standard InChI is InChI=1S/C30H37NO5S/c1-6-14-36-29-23(31-19-20-10-8-7-9-11-20)15-21(16-24(29)32-2)27-12-13-28(37-27)22-17-25(33-3)30(35-5)26(18-22)34-4/h7-11,15-18,27-28,31H,6,12-14,19H2,1-5H3. The molecule has 0 bridgehead atoms. The van der Waals surface area contributed by atoms with E-state index in [2.05, 4.69) is 60.8 Å². The first-order valence-electron chi connectivity index (χ1n) is 12.7. The number of ether oxygens (including phenoxy) is 5. The third-order valence-electron chi connectivity index (χ3n) is 6.52. The Morgan fingerprint density at radius 2 is 1.32 bits per heavy atom. The van der Waals surface area contributed by atoms with E-state index in [4.69, 9.17) is 23.7 Å². The second-order valence-corrected chi connectivity index (χ2v) is 10.3. The molecule has 37 heavy (non-hydrogen) atoms. The van der Waals surface area contributed by atoms with Crippen LogP contribution in [0, 0.1) is 0 Å². The summed E-state index contributed by atoms with van der Waals surface area (Å²) in [5, 5.41) is 4.25. The van der Waals surface area contributed by atoms with E-state index in [-0.39, 0.29) is 0 Å². The van der Waals surface area contributed by atoms with Crippen molar-refractivity contribution >= 4 is 17.4 Å². The van der Waals surface area contributed by atoms with Crippen LogP contribution >= 0.6 is 11.8 Å². The Bertz CT molecular complexity index is 1150. The summed E-state index contributed by atoms with van der Waals surface area (Å²) in [7, 11) is 6.65. The highest BCUT2D eigenvalue weighted by molar-refractivity contribution is 8.00. The van der Waals surface area contributed by atoms with Gasteiger partial charge in [0.2, 0.25) is 5.75 Å². The first-order chi connectivity index (χ1) is 18.1. The minimum absolute atomic E-state index is 0.321. The van der Waals surface area contributed by atoms with Crippen molar-refractivity contribution in [1.29, 1.82) is 0 Å². The van der Waals surface area contributed by atoms with Crippen LogP contribution in [-0.2, 0) is 6.54 Å². The molecule has 6 nitrogen and oxygen atoms in total. The number of rotatable bonds is 12. The van der Waals surface area contributed by atoms with Crippen molar-refractivity contribution in [3.63, 3.8) is 0 Å². The molecule has 4 rings (SSSR count). The van der Waals surface area contributed by atoms with Gasteiger partial charge in [0.15, 0.2) is 23.0 Å². The maximum absolute atomic E-state index is 6.14. The molecule has 1 heterocycles. The van der Waals surface area contributed by atoms with E-state index in [9.17, 15) is 0 Å². The SMILES string of the molecule is CCCOc1c(NCc2ccccc2)cc(C2CCC(c3cc(OC)c(OC)c(OC)c3)S2)cc1OC. The van der Waals surface area contributed by atoms with Crippen LogP contribution in [0.4, 0.5) is 5.69 Å². The number of hydrogen-bond acceptors (Lipinski definition) is 7. The molecule has 1 saturated heterocycles. The first kappa shape index (κ1) is 26.9. The predicted octanol–water partition coefficient (Wildman–Crippen LogP) is 7.43. The van der Waals surface area contributed by atoms with E-state index in [0.717, 1.165) is 36.4 Å². The maximum atomic E-state index is 6.14. The highest BCUT2D eigenvalue weighted by atomic mass is 32.2. The first-order valence-corrected chi connectivity index (χ1v) is 13.6.